The first kappa shape index (κ1) is 14.7. The summed E-state index contributed by atoms with van der Waals surface area (Å²) in [5, 5.41) is 2.80. The predicted molar refractivity (Wildman–Crippen MR) is 63.7 cm³/mol. The fourth-order valence-corrected chi connectivity index (χ4v) is 3.23. The molecule has 15 heavy (non-hydrogen) atoms. The maximum atomic E-state index is 10.8. The van der Waals surface area contributed by atoms with E-state index in [0.717, 1.165) is 5.75 Å². The molecule has 0 radical (unpaired) electrons. The van der Waals surface area contributed by atoms with Crippen molar-refractivity contribution in [3.05, 3.63) is 0 Å². The maximum Gasteiger partial charge on any atom is 0.234 e. The van der Waals surface area contributed by atoms with Gasteiger partial charge in [-0.3, -0.25) is 4.79 Å². The van der Waals surface area contributed by atoms with Gasteiger partial charge in [-0.25, -0.2) is 8.42 Å². The minimum absolute atomic E-state index is 0.179. The average Bonchev–Trinajstić information content (AvgIpc) is 2.08. The first-order valence-electron chi connectivity index (χ1n) is 4.59. The van der Waals surface area contributed by atoms with Gasteiger partial charge in [-0.2, -0.15) is 11.8 Å². The zero-order chi connectivity index (χ0) is 11.9. The van der Waals surface area contributed by atoms with Gasteiger partial charge in [0, 0.05) is 12.0 Å². The Hall–Kier alpha value is -0.270. The van der Waals surface area contributed by atoms with Crippen molar-refractivity contribution in [3.8, 4) is 0 Å². The normalized spacial score (nSPS) is 13.7. The summed E-state index contributed by atoms with van der Waals surface area (Å²) >= 11 is 1.51. The van der Waals surface area contributed by atoms with Gasteiger partial charge in [-0.05, 0) is 19.2 Å². The van der Waals surface area contributed by atoms with Gasteiger partial charge in [-0.15, -0.1) is 0 Å². The van der Waals surface area contributed by atoms with Crippen molar-refractivity contribution in [1.29, 1.82) is 0 Å². The molecule has 1 amide bonds. The molecule has 1 atom stereocenters. The van der Waals surface area contributed by atoms with Gasteiger partial charge in [0.1, 0.15) is 9.84 Å². The number of sulfone groups is 1. The van der Waals surface area contributed by atoms with E-state index in [1.165, 1.54) is 18.0 Å². The Bertz CT molecular complexity index is 290. The number of carbonyl (C=O) groups is 1. The second-order valence-corrected chi connectivity index (χ2v) is 6.76. The van der Waals surface area contributed by atoms with Crippen LogP contribution in [0.25, 0.3) is 0 Å². The minimum atomic E-state index is -2.87. The molecule has 0 fully saturated rings. The first-order valence-corrected chi connectivity index (χ1v) is 7.80. The van der Waals surface area contributed by atoms with E-state index < -0.39 is 9.84 Å². The molecule has 90 valence electrons. The standard InChI is InChI=1S/C8H18N2O3S2/c1-10-7(8(9)11)3-4-14-5-6-15(2,12)13/h7,10H,3-6H2,1-2H3,(H2,9,11). The van der Waals surface area contributed by atoms with E-state index in [-0.39, 0.29) is 17.7 Å². The lowest BCUT2D eigenvalue weighted by Crippen LogP contribution is -2.39. The largest absolute Gasteiger partial charge is 0.368 e. The number of primary amides is 1. The van der Waals surface area contributed by atoms with E-state index in [1.807, 2.05) is 0 Å². The van der Waals surface area contributed by atoms with Crippen LogP contribution in [0.5, 0.6) is 0 Å². The second-order valence-electron chi connectivity index (χ2n) is 3.27. The molecule has 0 rings (SSSR count). The van der Waals surface area contributed by atoms with E-state index in [4.69, 9.17) is 5.73 Å². The van der Waals surface area contributed by atoms with Crippen LogP contribution in [0.15, 0.2) is 0 Å². The van der Waals surface area contributed by atoms with Crippen molar-refractivity contribution in [2.75, 3.05) is 30.6 Å². The predicted octanol–water partition coefficient (Wildman–Crippen LogP) is -0.772. The number of likely N-dealkylation sites (N-methyl/N-ethyl adjacent to an activating group) is 1. The van der Waals surface area contributed by atoms with E-state index in [0.29, 0.717) is 12.2 Å². The molecular weight excluding hydrogens is 236 g/mol. The lowest BCUT2D eigenvalue weighted by atomic mass is 10.2. The van der Waals surface area contributed by atoms with Crippen LogP contribution in [0, 0.1) is 0 Å². The number of rotatable bonds is 8. The molecule has 7 heteroatoms. The highest BCUT2D eigenvalue weighted by atomic mass is 32.2. The number of nitrogens with two attached hydrogens (primary N) is 1. The number of nitrogens with one attached hydrogen (secondary N) is 1. The molecule has 0 spiro atoms. The molecule has 0 aliphatic heterocycles. The molecule has 0 aromatic rings. The van der Waals surface area contributed by atoms with Crippen LogP contribution in [-0.4, -0.2) is 50.9 Å². The third-order valence-electron chi connectivity index (χ3n) is 1.84. The fourth-order valence-electron chi connectivity index (χ4n) is 0.942. The average molecular weight is 254 g/mol. The van der Waals surface area contributed by atoms with E-state index in [2.05, 4.69) is 5.32 Å². The fraction of sp³-hybridized carbons (Fsp3) is 0.875. The number of thioether (sulfide) groups is 1. The van der Waals surface area contributed by atoms with Gasteiger partial charge >= 0.3 is 0 Å². The summed E-state index contributed by atoms with van der Waals surface area (Å²) in [6.45, 7) is 0. The van der Waals surface area contributed by atoms with E-state index in [9.17, 15) is 13.2 Å². The summed E-state index contributed by atoms with van der Waals surface area (Å²) in [7, 11) is -1.20. The third-order valence-corrected chi connectivity index (χ3v) is 4.06. The topological polar surface area (TPSA) is 89.3 Å². The van der Waals surface area contributed by atoms with Gasteiger partial charge in [-0.1, -0.05) is 0 Å². The molecule has 0 aromatic carbocycles. The third kappa shape index (κ3) is 8.71. The summed E-state index contributed by atoms with van der Waals surface area (Å²) < 4.78 is 21.6. The molecular formula is C8H18N2O3S2. The van der Waals surface area contributed by atoms with Crippen molar-refractivity contribution < 1.29 is 13.2 Å². The second kappa shape index (κ2) is 7.08. The molecule has 0 aliphatic carbocycles. The number of carbonyl (C=O) groups excluding carboxylic acids is 1. The van der Waals surface area contributed by atoms with Gasteiger partial charge in [0.05, 0.1) is 11.8 Å². The van der Waals surface area contributed by atoms with Crippen LogP contribution >= 0.6 is 11.8 Å². The summed E-state index contributed by atoms with van der Waals surface area (Å²) in [6.07, 6.45) is 1.84. The molecule has 0 heterocycles. The minimum Gasteiger partial charge on any atom is -0.368 e. The summed E-state index contributed by atoms with van der Waals surface area (Å²) in [5.74, 6) is 1.09. The summed E-state index contributed by atoms with van der Waals surface area (Å²) in [5.41, 5.74) is 5.12. The van der Waals surface area contributed by atoms with Gasteiger partial charge in [0.15, 0.2) is 0 Å². The van der Waals surface area contributed by atoms with Crippen molar-refractivity contribution in [2.24, 2.45) is 5.73 Å². The van der Waals surface area contributed by atoms with Crippen LogP contribution in [0.2, 0.25) is 0 Å². The lowest BCUT2D eigenvalue weighted by Gasteiger charge is -2.11. The smallest absolute Gasteiger partial charge is 0.234 e. The van der Waals surface area contributed by atoms with Crippen LogP contribution in [-0.2, 0) is 14.6 Å². The van der Waals surface area contributed by atoms with Crippen molar-refractivity contribution in [2.45, 2.75) is 12.5 Å². The Kier molecular flexibility index (Phi) is 6.95. The molecule has 0 saturated carbocycles. The Morgan fingerprint density at radius 2 is 2.07 bits per heavy atom. The Labute approximate surface area is 95.1 Å². The number of hydrogen-bond acceptors (Lipinski definition) is 5. The Morgan fingerprint density at radius 3 is 2.47 bits per heavy atom. The summed E-state index contributed by atoms with van der Waals surface area (Å²) in [4.78, 5) is 10.8. The molecule has 5 nitrogen and oxygen atoms in total. The van der Waals surface area contributed by atoms with Crippen LogP contribution in [0.3, 0.4) is 0 Å². The summed E-state index contributed by atoms with van der Waals surface area (Å²) in [6, 6.07) is -0.323. The highest BCUT2D eigenvalue weighted by Crippen LogP contribution is 2.05. The zero-order valence-corrected chi connectivity index (χ0v) is 10.7. The van der Waals surface area contributed by atoms with Gasteiger partial charge in [0.2, 0.25) is 5.91 Å². The molecule has 1 unspecified atom stereocenters. The number of amides is 1. The highest BCUT2D eigenvalue weighted by molar-refractivity contribution is 8.00. The van der Waals surface area contributed by atoms with Crippen molar-refractivity contribution in [1.82, 2.24) is 5.32 Å². The first-order chi connectivity index (χ1) is 6.87. The monoisotopic (exact) mass is 254 g/mol. The SMILES string of the molecule is CNC(CCSCCS(C)(=O)=O)C(N)=O. The van der Waals surface area contributed by atoms with Crippen LogP contribution in [0.4, 0.5) is 0 Å². The molecule has 0 saturated heterocycles. The molecule has 3 N–H and O–H groups in total. The van der Waals surface area contributed by atoms with Crippen molar-refractivity contribution >= 4 is 27.5 Å². The van der Waals surface area contributed by atoms with Crippen LogP contribution in [0.1, 0.15) is 6.42 Å². The quantitative estimate of drug-likeness (QED) is 0.555. The lowest BCUT2D eigenvalue weighted by molar-refractivity contribution is -0.119. The van der Waals surface area contributed by atoms with E-state index in [1.54, 1.807) is 7.05 Å². The van der Waals surface area contributed by atoms with Crippen LogP contribution < -0.4 is 11.1 Å². The van der Waals surface area contributed by atoms with Crippen molar-refractivity contribution in [3.63, 3.8) is 0 Å². The zero-order valence-electron chi connectivity index (χ0n) is 9.02. The van der Waals surface area contributed by atoms with Gasteiger partial charge in [0.25, 0.3) is 0 Å². The Balaban J connectivity index is 3.58. The molecule has 0 aliphatic rings. The molecule has 0 bridgehead atoms. The molecule has 0 aromatic heterocycles. The number of hydrogen-bond donors (Lipinski definition) is 2. The van der Waals surface area contributed by atoms with E-state index >= 15 is 0 Å². The Morgan fingerprint density at radius 1 is 1.47 bits per heavy atom. The maximum absolute atomic E-state index is 10.8. The highest BCUT2D eigenvalue weighted by Gasteiger charge is 2.11. The van der Waals surface area contributed by atoms with Gasteiger partial charge < -0.3 is 11.1 Å².